The highest BCUT2D eigenvalue weighted by Gasteiger charge is 2.42. The SMILES string of the molecule is CCCC[C@@H](C(=O)N(C)CC(=O)N[C@@H](CC(=O)O)C(=O)N[C@H](C(=O)N(C)[C@@H](Cc1ccccc1)C(=O)N[C@@H](Cc1ccc(F)cc1)C(=O)N(C)CC(=O)N[C@@H](Cc1c[nH]c2ccccc12)C(=O)N[C@@H](Cc1ccc(O)cc1)C(=O)N[C@@H](CC(C)C)C(N)=O)C(C)C)N(C)C(=O)[C@H](Cc1ccccc1)N(C)C(=O)[C@H](Cc1ccccc1)NC(=O)CSCCC(=O)NCC(N)=O. The highest BCUT2D eigenvalue weighted by atomic mass is 32.2. The number of unbranched alkanes of at least 4 members (excludes halogenated alkanes) is 1. The minimum absolute atomic E-state index is 0.000764. The molecule has 1 heterocycles. The summed E-state index contributed by atoms with van der Waals surface area (Å²) in [5.41, 5.74) is 14.8. The second kappa shape index (κ2) is 50.7. The van der Waals surface area contributed by atoms with Gasteiger partial charge in [0.05, 0.1) is 31.8 Å². The molecule has 0 aliphatic carbocycles. The van der Waals surface area contributed by atoms with Crippen molar-refractivity contribution in [2.45, 2.75) is 172 Å². The first kappa shape index (κ1) is 103. The standard InChI is InChI=1S/C93H119FN16O18S/c1-11-12-32-74(108(8)92(127)76(48-60-28-20-15-21-29-60)110(10)90(125)73(45-58-24-16-13-17-25-58)101-81(116)55-129-42-41-78(113)98-52-77(95)112)91(126)107(7)54-80(115)100-71(50-82(117)118)87(122)105-83(57(4)5)93(128)109(9)75(47-59-26-18-14-19-27-59)88(123)104-72(46-61-33-37-64(94)38-34-61)89(124)106(6)53-79(114)99-70(49-63-51-97-67-31-23-22-30-66(63)67)86(121)103-69(44-62-35-39-65(111)40-36-62)85(120)102-68(84(96)119)43-56(2)3/h13-31,33-40,51,56-57,68-76,83,97,111H,11-12,32,41-50,52-55H2,1-10H3,(H2,95,112)(H2,96,119)(H,98,113)(H,99,114)(H,100,115)(H,101,116)(H,102,120)(H,103,121)(H,104,123)(H,105,122)(H,117,118)/t68-,69-,70-,71-,72-,73-,74-,75-,76-,83-/m0/s1. The highest BCUT2D eigenvalue weighted by molar-refractivity contribution is 7.99. The number of phenolic OH excluding ortho intramolecular Hbond substituents is 1. The number of primary amides is 2. The Balaban J connectivity index is 1.09. The first-order valence-corrected chi connectivity index (χ1v) is 43.7. The number of aromatic amines is 1. The molecule has 0 saturated carbocycles. The number of para-hydroxylation sites is 1. The molecule has 0 aliphatic rings. The number of carbonyl (C=O) groups excluding carboxylic acids is 15. The maximum atomic E-state index is 15.3. The molecule has 692 valence electrons. The molecule has 0 spiro atoms. The summed E-state index contributed by atoms with van der Waals surface area (Å²) in [4.78, 5) is 234. The number of hydrogen-bond donors (Lipinski definition) is 13. The van der Waals surface area contributed by atoms with Crippen molar-refractivity contribution in [2.24, 2.45) is 23.3 Å². The fourth-order valence-corrected chi connectivity index (χ4v) is 15.3. The van der Waals surface area contributed by atoms with Crippen LogP contribution in [0, 0.1) is 17.7 Å². The average molecular weight is 1800 g/mol. The molecule has 36 heteroatoms. The molecule has 0 saturated heterocycles. The van der Waals surface area contributed by atoms with Gasteiger partial charge in [-0.25, -0.2) is 4.39 Å². The van der Waals surface area contributed by atoms with Crippen molar-refractivity contribution in [1.82, 2.24) is 72.0 Å². The number of nitrogens with two attached hydrogens (primary N) is 2. The van der Waals surface area contributed by atoms with Crippen molar-refractivity contribution in [3.63, 3.8) is 0 Å². The molecule has 6 aromatic carbocycles. The minimum Gasteiger partial charge on any atom is -0.508 e. The zero-order valence-electron chi connectivity index (χ0n) is 74.2. The lowest BCUT2D eigenvalue weighted by Crippen LogP contribution is -2.61. The maximum absolute atomic E-state index is 15.3. The molecule has 34 nitrogen and oxygen atoms in total. The van der Waals surface area contributed by atoms with Crippen LogP contribution in [0.2, 0.25) is 0 Å². The van der Waals surface area contributed by atoms with E-state index in [9.17, 15) is 72.1 Å². The summed E-state index contributed by atoms with van der Waals surface area (Å²) in [6.45, 7) is 6.69. The van der Waals surface area contributed by atoms with Gasteiger partial charge in [0.25, 0.3) is 0 Å². The summed E-state index contributed by atoms with van der Waals surface area (Å²) in [5.74, 6) is -15.3. The average Bonchev–Trinajstić information content (AvgIpc) is 1.37. The van der Waals surface area contributed by atoms with Gasteiger partial charge in [0, 0.05) is 103 Å². The zero-order chi connectivity index (χ0) is 94.7. The van der Waals surface area contributed by atoms with Gasteiger partial charge in [0.15, 0.2) is 0 Å². The predicted molar refractivity (Wildman–Crippen MR) is 482 cm³/mol. The van der Waals surface area contributed by atoms with E-state index < -0.39 is 186 Å². The van der Waals surface area contributed by atoms with E-state index in [0.29, 0.717) is 57.1 Å². The molecule has 0 unspecified atom stereocenters. The molecule has 0 fully saturated rings. The molecule has 15 N–H and O–H groups in total. The van der Waals surface area contributed by atoms with Crippen LogP contribution in [0.1, 0.15) is 107 Å². The first-order chi connectivity index (χ1) is 61.3. The largest absolute Gasteiger partial charge is 0.508 e. The molecular weight excluding hydrogens is 1680 g/mol. The summed E-state index contributed by atoms with van der Waals surface area (Å²) in [6.07, 6.45) is 0.771. The van der Waals surface area contributed by atoms with Crippen LogP contribution in [0.25, 0.3) is 10.9 Å². The van der Waals surface area contributed by atoms with E-state index >= 15 is 19.2 Å². The first-order valence-electron chi connectivity index (χ1n) is 42.5. The molecule has 10 atom stereocenters. The Labute approximate surface area is 753 Å². The summed E-state index contributed by atoms with van der Waals surface area (Å²) < 4.78 is 14.6. The number of likely N-dealkylation sites (N-methyl/N-ethyl adjacent to an activating group) is 5. The number of carboxylic acid groups (broad SMARTS) is 1. The van der Waals surface area contributed by atoms with Crippen LogP contribution >= 0.6 is 11.8 Å². The number of benzene rings is 6. The number of phenols is 1. The molecule has 0 aliphatic heterocycles. The van der Waals surface area contributed by atoms with Gasteiger partial charge in [-0.1, -0.05) is 181 Å². The Bertz CT molecular complexity index is 5010. The Morgan fingerprint density at radius 1 is 0.457 bits per heavy atom. The minimum atomic E-state index is -1.91. The number of fused-ring (bicyclic) bond motifs is 1. The fraction of sp³-hybridized carbons (Fsp3) is 0.419. The monoisotopic (exact) mass is 1800 g/mol. The number of rotatable bonds is 51. The van der Waals surface area contributed by atoms with E-state index in [0.717, 1.165) is 38.6 Å². The third-order valence-electron chi connectivity index (χ3n) is 21.6. The van der Waals surface area contributed by atoms with Gasteiger partial charge in [-0.15, -0.1) is 0 Å². The van der Waals surface area contributed by atoms with E-state index in [2.05, 4.69) is 47.5 Å². The van der Waals surface area contributed by atoms with Crippen LogP contribution in [-0.4, -0.2) is 261 Å². The van der Waals surface area contributed by atoms with Crippen LogP contribution in [0.5, 0.6) is 5.75 Å². The molecule has 129 heavy (non-hydrogen) atoms. The molecule has 7 rings (SSSR count). The normalized spacial score (nSPS) is 13.5. The van der Waals surface area contributed by atoms with E-state index in [-0.39, 0.29) is 87.5 Å². The number of carboxylic acids is 1. The van der Waals surface area contributed by atoms with Gasteiger partial charge in [-0.2, -0.15) is 11.8 Å². The molecule has 0 bridgehead atoms. The number of halogens is 1. The summed E-state index contributed by atoms with van der Waals surface area (Å²) in [5, 5.41) is 42.1. The highest BCUT2D eigenvalue weighted by Crippen LogP contribution is 2.24. The molecule has 7 aromatic rings. The number of carbonyl (C=O) groups is 16. The summed E-state index contributed by atoms with van der Waals surface area (Å²) in [6, 6.07) is 29.6. The van der Waals surface area contributed by atoms with Crippen molar-refractivity contribution in [2.75, 3.05) is 66.4 Å². The number of aromatic nitrogens is 1. The van der Waals surface area contributed by atoms with Crippen LogP contribution in [0.3, 0.4) is 0 Å². The lowest BCUT2D eigenvalue weighted by molar-refractivity contribution is -0.151. The van der Waals surface area contributed by atoms with Gasteiger partial charge in [0.1, 0.15) is 72.0 Å². The van der Waals surface area contributed by atoms with Gasteiger partial charge in [0.2, 0.25) is 88.6 Å². The molecule has 1 aromatic heterocycles. The predicted octanol–water partition coefficient (Wildman–Crippen LogP) is 3.14. The number of nitrogens with one attached hydrogen (secondary N) is 9. The smallest absolute Gasteiger partial charge is 0.305 e. The number of aromatic hydroxyl groups is 1. The van der Waals surface area contributed by atoms with E-state index in [1.165, 1.54) is 81.4 Å². The number of H-pyrrole nitrogens is 1. The quantitative estimate of drug-likeness (QED) is 0.0244. The van der Waals surface area contributed by atoms with Crippen molar-refractivity contribution < 1.29 is 91.3 Å². The second-order valence-corrected chi connectivity index (χ2v) is 33.8. The van der Waals surface area contributed by atoms with Crippen molar-refractivity contribution >= 4 is 117 Å². The lowest BCUT2D eigenvalue weighted by Gasteiger charge is -2.37. The van der Waals surface area contributed by atoms with Crippen molar-refractivity contribution in [1.29, 1.82) is 0 Å². The summed E-state index contributed by atoms with van der Waals surface area (Å²) >= 11 is 1.11. The number of aliphatic carboxylic acids is 1. The van der Waals surface area contributed by atoms with Gasteiger partial charge in [-0.3, -0.25) is 76.7 Å². The third-order valence-corrected chi connectivity index (χ3v) is 22.6. The lowest BCUT2D eigenvalue weighted by atomic mass is 9.98. The summed E-state index contributed by atoms with van der Waals surface area (Å²) in [7, 11) is 6.58. The van der Waals surface area contributed by atoms with Crippen LogP contribution < -0.4 is 54.0 Å². The third kappa shape index (κ3) is 32.7. The van der Waals surface area contributed by atoms with Crippen molar-refractivity contribution in [3.05, 3.63) is 209 Å². The number of amides is 15. The van der Waals surface area contributed by atoms with E-state index in [1.807, 2.05) is 20.8 Å². The topological polar surface area (TPSA) is 494 Å². The number of thioether (sulfide) groups is 1. The molecule has 15 amide bonds. The van der Waals surface area contributed by atoms with Gasteiger partial charge < -0.3 is 93.7 Å². The zero-order valence-corrected chi connectivity index (χ0v) is 75.0. The molecule has 0 radical (unpaired) electrons. The molecular formula is C93H119FN16O18S. The number of nitrogens with zero attached hydrogens (tertiary/aromatic N) is 5. The van der Waals surface area contributed by atoms with Crippen LogP contribution in [0.15, 0.2) is 170 Å². The van der Waals surface area contributed by atoms with Crippen molar-refractivity contribution in [3.8, 4) is 5.75 Å². The van der Waals surface area contributed by atoms with E-state index in [1.54, 1.807) is 135 Å². The Hall–Kier alpha value is -13.5. The van der Waals surface area contributed by atoms with Crippen LogP contribution in [-0.2, 0) is 115 Å². The second-order valence-electron chi connectivity index (χ2n) is 32.7. The Morgan fingerprint density at radius 2 is 0.915 bits per heavy atom. The van der Waals surface area contributed by atoms with E-state index in [4.69, 9.17) is 11.5 Å². The van der Waals surface area contributed by atoms with Crippen LogP contribution in [0.4, 0.5) is 4.39 Å². The van der Waals surface area contributed by atoms with Gasteiger partial charge in [-0.05, 0) is 88.4 Å². The Morgan fingerprint density at radius 3 is 1.46 bits per heavy atom. The Kier molecular flexibility index (Phi) is 40.3. The number of hydrogen-bond acceptors (Lipinski definition) is 18. The maximum Gasteiger partial charge on any atom is 0.305 e. The fourth-order valence-electron chi connectivity index (χ4n) is 14.5. The van der Waals surface area contributed by atoms with Gasteiger partial charge >= 0.3 is 5.97 Å².